The van der Waals surface area contributed by atoms with Crippen LogP contribution in [0.25, 0.3) is 0 Å². The predicted molar refractivity (Wildman–Crippen MR) is 127 cm³/mol. The Morgan fingerprint density at radius 1 is 0.774 bits per heavy atom. The first-order chi connectivity index (χ1) is 14.3. The van der Waals surface area contributed by atoms with Gasteiger partial charge in [0.25, 0.3) is 0 Å². The normalized spacial score (nSPS) is 55.3. The molecule has 5 aliphatic carbocycles. The molecule has 0 saturated heterocycles. The van der Waals surface area contributed by atoms with Gasteiger partial charge in [-0.2, -0.15) is 0 Å². The van der Waals surface area contributed by atoms with Crippen molar-refractivity contribution in [1.82, 2.24) is 0 Å². The summed E-state index contributed by atoms with van der Waals surface area (Å²) < 4.78 is 0. The molecule has 5 aliphatic rings. The molecule has 0 aromatic carbocycles. The number of carbonyl (C=O) groups is 1. The number of hydrogen-bond donors (Lipinski definition) is 1. The maximum Gasteiger partial charge on any atom is 0.309 e. The summed E-state index contributed by atoms with van der Waals surface area (Å²) in [7, 11) is 0. The Kier molecular flexibility index (Phi) is 4.69. The molecule has 2 nitrogen and oxygen atoms in total. The molecule has 0 heterocycles. The Labute approximate surface area is 191 Å². The third-order valence-electron chi connectivity index (χ3n) is 13.3. The summed E-state index contributed by atoms with van der Waals surface area (Å²) in [6.07, 6.45) is 12.3. The van der Waals surface area contributed by atoms with Gasteiger partial charge >= 0.3 is 5.97 Å². The second-order valence-electron chi connectivity index (χ2n) is 14.6. The third-order valence-corrected chi connectivity index (χ3v) is 13.3. The van der Waals surface area contributed by atoms with Gasteiger partial charge in [-0.05, 0) is 121 Å². The van der Waals surface area contributed by atoms with E-state index in [1.165, 1.54) is 38.5 Å². The highest BCUT2D eigenvalue weighted by atomic mass is 16.4. The summed E-state index contributed by atoms with van der Waals surface area (Å²) in [6, 6.07) is 0. The number of rotatable bonds is 2. The van der Waals surface area contributed by atoms with Crippen molar-refractivity contribution in [3.05, 3.63) is 0 Å². The lowest BCUT2D eigenvalue weighted by Gasteiger charge is -2.70. The van der Waals surface area contributed by atoms with Crippen molar-refractivity contribution in [2.45, 2.75) is 113 Å². The highest BCUT2D eigenvalue weighted by Crippen LogP contribution is 2.78. The van der Waals surface area contributed by atoms with Crippen molar-refractivity contribution in [3.63, 3.8) is 0 Å². The number of aliphatic carboxylic acids is 1. The van der Waals surface area contributed by atoms with Gasteiger partial charge in [-0.1, -0.05) is 48.5 Å². The van der Waals surface area contributed by atoms with Crippen LogP contribution in [0.15, 0.2) is 0 Å². The van der Waals surface area contributed by atoms with Gasteiger partial charge in [0.15, 0.2) is 0 Å². The lowest BCUT2D eigenvalue weighted by atomic mass is 9.34. The Morgan fingerprint density at radius 3 is 2.13 bits per heavy atom. The summed E-state index contributed by atoms with van der Waals surface area (Å²) in [5.41, 5.74) is 1.22. The van der Waals surface area contributed by atoms with E-state index in [2.05, 4.69) is 48.5 Å². The highest BCUT2D eigenvalue weighted by Gasteiger charge is 2.72. The molecule has 0 aliphatic heterocycles. The van der Waals surface area contributed by atoms with E-state index in [4.69, 9.17) is 0 Å². The SMILES string of the molecule is CC(C)[C@@H]1CC[C@]2(C(=O)O)CC[C@]3(C)[C@H](CC[C@@H]4[C@@]5(C)CCC(C)(C)C5CC[C@]43C)[C@@H]12. The molecule has 0 aromatic heterocycles. The first kappa shape index (κ1) is 22.3. The molecule has 5 fully saturated rings. The lowest BCUT2D eigenvalue weighted by Crippen LogP contribution is -2.64. The maximum absolute atomic E-state index is 12.7. The van der Waals surface area contributed by atoms with Crippen LogP contribution in [-0.2, 0) is 4.79 Å². The molecule has 0 aromatic rings. The molecule has 0 bridgehead atoms. The average Bonchev–Trinajstić information content (AvgIpc) is 3.19. The molecule has 9 atom stereocenters. The van der Waals surface area contributed by atoms with Crippen molar-refractivity contribution in [1.29, 1.82) is 0 Å². The smallest absolute Gasteiger partial charge is 0.309 e. The Morgan fingerprint density at radius 2 is 1.48 bits per heavy atom. The fraction of sp³-hybridized carbons (Fsp3) is 0.966. The van der Waals surface area contributed by atoms with Gasteiger partial charge in [-0.3, -0.25) is 4.79 Å². The standard InChI is InChI=1S/C29H48O2/c1-18(2)19-10-13-29(24(30)31)17-16-27(6)20(23(19)29)8-9-22-26(5)15-14-25(3,4)21(26)11-12-28(22,27)7/h18-23H,8-17H2,1-7H3,(H,30,31)/t19-,20+,21?,22+,23+,26-,27+,28+,29-/m0/s1. The van der Waals surface area contributed by atoms with Gasteiger partial charge in [0.05, 0.1) is 5.41 Å². The summed E-state index contributed by atoms with van der Waals surface area (Å²) in [5, 5.41) is 10.5. The van der Waals surface area contributed by atoms with E-state index in [1.807, 2.05) is 0 Å². The average molecular weight is 429 g/mol. The van der Waals surface area contributed by atoms with Gasteiger partial charge in [0.2, 0.25) is 0 Å². The molecule has 1 N–H and O–H groups in total. The van der Waals surface area contributed by atoms with Crippen LogP contribution in [0.5, 0.6) is 0 Å². The van der Waals surface area contributed by atoms with Crippen LogP contribution in [0, 0.1) is 62.6 Å². The van der Waals surface area contributed by atoms with Crippen molar-refractivity contribution in [2.75, 3.05) is 0 Å². The lowest BCUT2D eigenvalue weighted by molar-refractivity contribution is -0.223. The van der Waals surface area contributed by atoms with Crippen molar-refractivity contribution < 1.29 is 9.90 Å². The monoisotopic (exact) mass is 428 g/mol. The molecular weight excluding hydrogens is 380 g/mol. The fourth-order valence-corrected chi connectivity index (χ4v) is 11.5. The molecule has 0 amide bonds. The van der Waals surface area contributed by atoms with Crippen LogP contribution in [0.4, 0.5) is 0 Å². The van der Waals surface area contributed by atoms with Gasteiger partial charge in [0.1, 0.15) is 0 Å². The molecule has 5 saturated carbocycles. The van der Waals surface area contributed by atoms with Crippen LogP contribution in [0.1, 0.15) is 113 Å². The van der Waals surface area contributed by atoms with E-state index in [-0.39, 0.29) is 0 Å². The number of fused-ring (bicyclic) bond motifs is 7. The van der Waals surface area contributed by atoms with E-state index >= 15 is 0 Å². The van der Waals surface area contributed by atoms with Gasteiger partial charge in [0, 0.05) is 0 Å². The molecule has 31 heavy (non-hydrogen) atoms. The first-order valence-electron chi connectivity index (χ1n) is 13.6. The van der Waals surface area contributed by atoms with E-state index in [1.54, 1.807) is 0 Å². The predicted octanol–water partition coefficient (Wildman–Crippen LogP) is 7.81. The fourth-order valence-electron chi connectivity index (χ4n) is 11.5. The number of hydrogen-bond acceptors (Lipinski definition) is 1. The summed E-state index contributed by atoms with van der Waals surface area (Å²) >= 11 is 0. The highest BCUT2D eigenvalue weighted by molar-refractivity contribution is 5.76. The van der Waals surface area contributed by atoms with E-state index in [0.717, 1.165) is 37.5 Å². The molecule has 5 rings (SSSR count). The minimum Gasteiger partial charge on any atom is -0.481 e. The van der Waals surface area contributed by atoms with Gasteiger partial charge < -0.3 is 5.11 Å². The minimum absolute atomic E-state index is 0.303. The van der Waals surface area contributed by atoms with Crippen LogP contribution in [0.3, 0.4) is 0 Å². The van der Waals surface area contributed by atoms with Gasteiger partial charge in [-0.15, -0.1) is 0 Å². The minimum atomic E-state index is -0.469. The van der Waals surface area contributed by atoms with Crippen LogP contribution >= 0.6 is 0 Å². The molecule has 0 spiro atoms. The molecule has 1 unspecified atom stereocenters. The van der Waals surface area contributed by atoms with Gasteiger partial charge in [-0.25, -0.2) is 0 Å². The maximum atomic E-state index is 12.7. The second kappa shape index (κ2) is 6.53. The summed E-state index contributed by atoms with van der Waals surface area (Å²) in [5.74, 6) is 3.41. The molecular formula is C29H48O2. The summed E-state index contributed by atoms with van der Waals surface area (Å²) in [4.78, 5) is 12.7. The molecule has 176 valence electrons. The second-order valence-corrected chi connectivity index (χ2v) is 14.6. The molecule has 0 radical (unpaired) electrons. The molecule has 2 heteroatoms. The van der Waals surface area contributed by atoms with E-state index < -0.39 is 11.4 Å². The number of carboxylic acids is 1. The van der Waals surface area contributed by atoms with Crippen LogP contribution in [-0.4, -0.2) is 11.1 Å². The topological polar surface area (TPSA) is 37.3 Å². The first-order valence-corrected chi connectivity index (χ1v) is 13.6. The largest absolute Gasteiger partial charge is 0.481 e. The number of carboxylic acid groups (broad SMARTS) is 1. The van der Waals surface area contributed by atoms with Crippen molar-refractivity contribution in [2.24, 2.45) is 62.6 Å². The Hall–Kier alpha value is -0.530. The zero-order chi connectivity index (χ0) is 22.6. The van der Waals surface area contributed by atoms with Crippen molar-refractivity contribution >= 4 is 5.97 Å². The zero-order valence-electron chi connectivity index (χ0n) is 21.4. The van der Waals surface area contributed by atoms with Crippen LogP contribution < -0.4 is 0 Å². The zero-order valence-corrected chi connectivity index (χ0v) is 21.4. The Balaban J connectivity index is 1.57. The quantitative estimate of drug-likeness (QED) is 0.487. The van der Waals surface area contributed by atoms with Crippen LogP contribution in [0.2, 0.25) is 0 Å². The van der Waals surface area contributed by atoms with Crippen molar-refractivity contribution in [3.8, 4) is 0 Å². The third kappa shape index (κ3) is 2.55. The Bertz CT molecular complexity index is 769. The summed E-state index contributed by atoms with van der Waals surface area (Å²) in [6.45, 7) is 17.7. The van der Waals surface area contributed by atoms with E-state index in [0.29, 0.717) is 45.3 Å². The van der Waals surface area contributed by atoms with E-state index in [9.17, 15) is 9.90 Å².